The summed E-state index contributed by atoms with van der Waals surface area (Å²) < 4.78 is 18.9. The molecule has 2 saturated heterocycles. The van der Waals surface area contributed by atoms with Crippen LogP contribution in [0.25, 0.3) is 0 Å². The predicted molar refractivity (Wildman–Crippen MR) is 103 cm³/mol. The first-order valence-corrected chi connectivity index (χ1v) is 9.43. The Kier molecular flexibility index (Phi) is 5.34. The number of morpholine rings is 1. The van der Waals surface area contributed by atoms with Crippen LogP contribution in [0.2, 0.25) is 0 Å². The van der Waals surface area contributed by atoms with Crippen LogP contribution in [0.5, 0.6) is 5.75 Å². The van der Waals surface area contributed by atoms with E-state index in [1.165, 1.54) is 5.56 Å². The van der Waals surface area contributed by atoms with Crippen molar-refractivity contribution in [2.45, 2.75) is 12.1 Å². The molecule has 0 saturated carbocycles. The summed E-state index contributed by atoms with van der Waals surface area (Å²) in [6.07, 6.45) is 3.56. The first kappa shape index (κ1) is 18.9. The number of amides is 1. The van der Waals surface area contributed by atoms with Crippen LogP contribution in [0.3, 0.4) is 0 Å². The Morgan fingerprint density at radius 2 is 2.07 bits per heavy atom. The van der Waals surface area contributed by atoms with E-state index in [4.69, 9.17) is 14.2 Å². The first-order valence-electron chi connectivity index (χ1n) is 9.43. The van der Waals surface area contributed by atoms with Gasteiger partial charge in [0.2, 0.25) is 0 Å². The lowest BCUT2D eigenvalue weighted by Gasteiger charge is -2.42. The molecule has 1 atom stereocenters. The maximum absolute atomic E-state index is 12.4. The number of nitrogens with zero attached hydrogens (tertiary/aromatic N) is 4. The topological polar surface area (TPSA) is 69.1 Å². The molecule has 2 aliphatic heterocycles. The van der Waals surface area contributed by atoms with E-state index in [9.17, 15) is 4.79 Å². The molecule has 1 aromatic heterocycles. The molecule has 2 fully saturated rings. The van der Waals surface area contributed by atoms with Crippen LogP contribution in [0, 0.1) is 0 Å². The van der Waals surface area contributed by atoms with Crippen molar-refractivity contribution in [3.05, 3.63) is 42.2 Å². The second kappa shape index (κ2) is 7.90. The number of carbonyl (C=O) groups is 1. The Hall–Kier alpha value is -2.42. The molecule has 0 aliphatic carbocycles. The van der Waals surface area contributed by atoms with Gasteiger partial charge >= 0.3 is 0 Å². The highest BCUT2D eigenvalue weighted by molar-refractivity contribution is 5.95. The highest BCUT2D eigenvalue weighted by Crippen LogP contribution is 2.27. The molecule has 28 heavy (non-hydrogen) atoms. The summed E-state index contributed by atoms with van der Waals surface area (Å²) in [5.74, 6) is 0.797. The highest BCUT2D eigenvalue weighted by atomic mass is 16.6. The van der Waals surface area contributed by atoms with Crippen molar-refractivity contribution >= 4 is 11.6 Å². The molecule has 1 spiro atoms. The summed E-state index contributed by atoms with van der Waals surface area (Å²) in [7, 11) is 3.51. The summed E-state index contributed by atoms with van der Waals surface area (Å²) in [5.41, 5.74) is 1.45. The fraction of sp³-hybridized carbons (Fsp3) is 0.500. The lowest BCUT2D eigenvalue weighted by Crippen LogP contribution is -2.60. The highest BCUT2D eigenvalue weighted by Gasteiger charge is 2.43. The second-order valence-electron chi connectivity index (χ2n) is 7.44. The van der Waals surface area contributed by atoms with Gasteiger partial charge in [-0.3, -0.25) is 14.4 Å². The van der Waals surface area contributed by atoms with Crippen molar-refractivity contribution in [3.63, 3.8) is 0 Å². The lowest BCUT2D eigenvalue weighted by atomic mass is 10.0. The molecular formula is C20H26N4O4. The van der Waals surface area contributed by atoms with Gasteiger partial charge in [-0.15, -0.1) is 0 Å². The van der Waals surface area contributed by atoms with E-state index in [0.29, 0.717) is 26.3 Å². The monoisotopic (exact) mass is 386 g/mol. The molecular weight excluding hydrogens is 360 g/mol. The van der Waals surface area contributed by atoms with E-state index in [1.54, 1.807) is 22.9 Å². The average molecular weight is 386 g/mol. The molecule has 1 amide bonds. The smallest absolute Gasteiger partial charge is 0.253 e. The van der Waals surface area contributed by atoms with Crippen LogP contribution in [-0.2, 0) is 27.9 Å². The van der Waals surface area contributed by atoms with Gasteiger partial charge in [-0.25, -0.2) is 0 Å². The minimum absolute atomic E-state index is 0.0502. The van der Waals surface area contributed by atoms with Crippen LogP contribution >= 0.6 is 0 Å². The molecule has 8 heteroatoms. The van der Waals surface area contributed by atoms with Crippen molar-refractivity contribution in [2.75, 3.05) is 51.5 Å². The molecule has 0 radical (unpaired) electrons. The van der Waals surface area contributed by atoms with Gasteiger partial charge in [0.25, 0.3) is 5.91 Å². The zero-order valence-corrected chi connectivity index (χ0v) is 16.3. The third kappa shape index (κ3) is 4.04. The molecule has 1 unspecified atom stereocenters. The number of benzene rings is 1. The molecule has 2 aliphatic rings. The van der Waals surface area contributed by atoms with Gasteiger partial charge in [0, 0.05) is 32.9 Å². The normalized spacial score (nSPS) is 23.8. The summed E-state index contributed by atoms with van der Waals surface area (Å²) in [5, 5.41) is 4.19. The number of methoxy groups -OCH3 is 1. The maximum atomic E-state index is 12.4. The fourth-order valence-corrected chi connectivity index (χ4v) is 3.79. The summed E-state index contributed by atoms with van der Waals surface area (Å²) in [6.45, 7) is 3.92. The minimum Gasteiger partial charge on any atom is -0.497 e. The molecule has 150 valence electrons. The van der Waals surface area contributed by atoms with Gasteiger partial charge in [0.1, 0.15) is 18.0 Å². The van der Waals surface area contributed by atoms with E-state index < -0.39 is 5.60 Å². The van der Waals surface area contributed by atoms with Crippen LogP contribution < -0.4 is 9.64 Å². The first-order chi connectivity index (χ1) is 13.6. The number of hydrogen-bond acceptors (Lipinski definition) is 6. The van der Waals surface area contributed by atoms with Gasteiger partial charge in [-0.2, -0.15) is 5.10 Å². The van der Waals surface area contributed by atoms with Crippen LogP contribution in [0.1, 0.15) is 5.56 Å². The van der Waals surface area contributed by atoms with Crippen LogP contribution in [0.15, 0.2) is 36.7 Å². The summed E-state index contributed by atoms with van der Waals surface area (Å²) in [4.78, 5) is 16.5. The number of anilines is 1. The van der Waals surface area contributed by atoms with Gasteiger partial charge in [0.05, 0.1) is 38.8 Å². The van der Waals surface area contributed by atoms with E-state index in [-0.39, 0.29) is 12.5 Å². The quantitative estimate of drug-likeness (QED) is 0.783. The van der Waals surface area contributed by atoms with Gasteiger partial charge in [-0.1, -0.05) is 12.1 Å². The molecule has 2 aromatic rings. The van der Waals surface area contributed by atoms with Crippen molar-refractivity contribution in [1.82, 2.24) is 14.7 Å². The Labute approximate surface area is 164 Å². The van der Waals surface area contributed by atoms with Gasteiger partial charge in [-0.05, 0) is 17.7 Å². The summed E-state index contributed by atoms with van der Waals surface area (Å²) >= 11 is 0. The second-order valence-corrected chi connectivity index (χ2v) is 7.44. The zero-order chi connectivity index (χ0) is 19.6. The molecule has 3 heterocycles. The van der Waals surface area contributed by atoms with Gasteiger partial charge in [0.15, 0.2) is 0 Å². The molecule has 0 bridgehead atoms. The number of aryl methyl sites for hydroxylation is 1. The van der Waals surface area contributed by atoms with Crippen molar-refractivity contribution < 1.29 is 19.0 Å². The molecule has 4 rings (SSSR count). The third-order valence-corrected chi connectivity index (χ3v) is 5.25. The van der Waals surface area contributed by atoms with Crippen molar-refractivity contribution in [1.29, 1.82) is 0 Å². The Bertz CT molecular complexity index is 822. The van der Waals surface area contributed by atoms with E-state index in [0.717, 1.165) is 24.5 Å². The third-order valence-electron chi connectivity index (χ3n) is 5.25. The average Bonchev–Trinajstić information content (AvgIpc) is 3.04. The largest absolute Gasteiger partial charge is 0.497 e. The van der Waals surface area contributed by atoms with Gasteiger partial charge < -0.3 is 19.1 Å². The van der Waals surface area contributed by atoms with Crippen LogP contribution in [0.4, 0.5) is 5.69 Å². The lowest BCUT2D eigenvalue weighted by molar-refractivity contribution is -0.146. The van der Waals surface area contributed by atoms with E-state index in [1.807, 2.05) is 25.4 Å². The molecule has 0 N–H and O–H groups in total. The SMILES string of the molecule is COc1ccc(CN2CCOCC3(C2)CN(c2cnn(C)c2)C(=O)CO3)cc1. The predicted octanol–water partition coefficient (Wildman–Crippen LogP) is 1.06. The Morgan fingerprint density at radius 1 is 1.25 bits per heavy atom. The minimum atomic E-state index is -0.549. The zero-order valence-electron chi connectivity index (χ0n) is 16.3. The summed E-state index contributed by atoms with van der Waals surface area (Å²) in [6, 6.07) is 8.09. The molecule has 1 aromatic carbocycles. The number of rotatable bonds is 4. The van der Waals surface area contributed by atoms with Crippen LogP contribution in [-0.4, -0.2) is 72.8 Å². The fourth-order valence-electron chi connectivity index (χ4n) is 3.79. The molecule has 8 nitrogen and oxygen atoms in total. The number of carbonyl (C=O) groups excluding carboxylic acids is 1. The van der Waals surface area contributed by atoms with Crippen molar-refractivity contribution in [3.8, 4) is 5.75 Å². The number of hydrogen-bond donors (Lipinski definition) is 0. The van der Waals surface area contributed by atoms with E-state index in [2.05, 4.69) is 22.1 Å². The Balaban J connectivity index is 1.49. The van der Waals surface area contributed by atoms with E-state index >= 15 is 0 Å². The maximum Gasteiger partial charge on any atom is 0.253 e. The number of ether oxygens (including phenoxy) is 3. The van der Waals surface area contributed by atoms with Crippen molar-refractivity contribution in [2.24, 2.45) is 7.05 Å². The number of aromatic nitrogens is 2. The standard InChI is InChI=1S/C20H26N4O4/c1-22-11-17(9-21-22)24-14-20(28-12-19(24)25)13-23(7-8-27-15-20)10-16-3-5-18(26-2)6-4-16/h3-6,9,11H,7-8,10,12-15H2,1-2H3. The Morgan fingerprint density at radius 3 is 2.79 bits per heavy atom.